The van der Waals surface area contributed by atoms with Gasteiger partial charge in [-0.2, -0.15) is 0 Å². The zero-order chi connectivity index (χ0) is 15.7. The van der Waals surface area contributed by atoms with Crippen LogP contribution in [-0.4, -0.2) is 66.4 Å². The molecule has 0 saturated carbocycles. The van der Waals surface area contributed by atoms with E-state index in [2.05, 4.69) is 10.3 Å². The van der Waals surface area contributed by atoms with E-state index in [9.17, 15) is 20.4 Å². The van der Waals surface area contributed by atoms with Crippen molar-refractivity contribution in [1.82, 2.24) is 15.0 Å². The van der Waals surface area contributed by atoms with Crippen LogP contribution in [0.25, 0.3) is 11.3 Å². The van der Waals surface area contributed by atoms with Crippen molar-refractivity contribution in [3.8, 4) is 11.3 Å². The molecule has 5 atom stereocenters. The molecule has 0 unspecified atom stereocenters. The maximum absolute atomic E-state index is 10.2. The third-order valence-corrected chi connectivity index (χ3v) is 3.75. The molecule has 2 aromatic rings. The Morgan fingerprint density at radius 1 is 1.05 bits per heavy atom. The summed E-state index contributed by atoms with van der Waals surface area (Å²) in [6.07, 6.45) is -4.80. The first kappa shape index (κ1) is 15.1. The van der Waals surface area contributed by atoms with Crippen LogP contribution in [0.1, 0.15) is 6.23 Å². The minimum absolute atomic E-state index is 0.489. The summed E-state index contributed by atoms with van der Waals surface area (Å²) in [5.41, 5.74) is 1.40. The molecule has 1 fully saturated rings. The summed E-state index contributed by atoms with van der Waals surface area (Å²) in [6, 6.07) is 9.25. The van der Waals surface area contributed by atoms with Crippen LogP contribution in [0, 0.1) is 0 Å². The predicted octanol–water partition coefficient (Wildman–Crippen LogP) is -1.08. The number of aliphatic hydroxyl groups is 4. The van der Waals surface area contributed by atoms with Crippen LogP contribution in [0.3, 0.4) is 0 Å². The Labute approximate surface area is 126 Å². The molecule has 8 heteroatoms. The third-order valence-electron chi connectivity index (χ3n) is 3.75. The SMILES string of the molecule is OC[C@H]1O[C@@H](n2nncc2-c2ccccc2)[C@H](O)[C@@H](O)[C@H]1O. The quantitative estimate of drug-likeness (QED) is 0.569. The topological polar surface area (TPSA) is 121 Å². The van der Waals surface area contributed by atoms with Gasteiger partial charge in [0.05, 0.1) is 18.5 Å². The number of benzene rings is 1. The van der Waals surface area contributed by atoms with Crippen molar-refractivity contribution in [2.24, 2.45) is 0 Å². The Morgan fingerprint density at radius 2 is 1.77 bits per heavy atom. The fourth-order valence-electron chi connectivity index (χ4n) is 2.53. The van der Waals surface area contributed by atoms with E-state index in [1.807, 2.05) is 30.3 Å². The highest BCUT2D eigenvalue weighted by molar-refractivity contribution is 5.58. The zero-order valence-electron chi connectivity index (χ0n) is 11.6. The summed E-state index contributed by atoms with van der Waals surface area (Å²) in [6.45, 7) is -0.489. The normalized spacial score (nSPS) is 32.1. The maximum atomic E-state index is 10.2. The molecule has 22 heavy (non-hydrogen) atoms. The lowest BCUT2D eigenvalue weighted by atomic mass is 9.98. The first-order valence-electron chi connectivity index (χ1n) is 6.89. The van der Waals surface area contributed by atoms with Crippen LogP contribution >= 0.6 is 0 Å². The van der Waals surface area contributed by atoms with Gasteiger partial charge >= 0.3 is 0 Å². The molecular weight excluding hydrogens is 290 g/mol. The molecule has 1 aliphatic heterocycles. The number of nitrogens with zero attached hydrogens (tertiary/aromatic N) is 3. The standard InChI is InChI=1S/C14H17N3O5/c18-7-10-11(19)12(20)13(21)14(22-10)17-9(6-15-16-17)8-4-2-1-3-5-8/h1-6,10-14,18-21H,7H2/t10-,11+,12+,13-,14-/m1/s1. The Bertz CT molecular complexity index is 618. The van der Waals surface area contributed by atoms with Crippen molar-refractivity contribution in [2.75, 3.05) is 6.61 Å². The molecule has 3 rings (SSSR count). The second kappa shape index (κ2) is 6.11. The Morgan fingerprint density at radius 3 is 2.45 bits per heavy atom. The van der Waals surface area contributed by atoms with Gasteiger partial charge in [0, 0.05) is 5.56 Å². The van der Waals surface area contributed by atoms with Crippen LogP contribution in [0.5, 0.6) is 0 Å². The minimum atomic E-state index is -1.45. The smallest absolute Gasteiger partial charge is 0.181 e. The Hall–Kier alpha value is -1.84. The van der Waals surface area contributed by atoms with Crippen molar-refractivity contribution in [3.05, 3.63) is 36.5 Å². The van der Waals surface area contributed by atoms with Crippen molar-refractivity contribution in [3.63, 3.8) is 0 Å². The molecular formula is C14H17N3O5. The van der Waals surface area contributed by atoms with Crippen molar-refractivity contribution in [1.29, 1.82) is 0 Å². The summed E-state index contributed by atoms with van der Waals surface area (Å²) in [5, 5.41) is 46.8. The Balaban J connectivity index is 1.96. The average molecular weight is 307 g/mol. The molecule has 118 valence electrons. The number of hydrogen-bond acceptors (Lipinski definition) is 7. The van der Waals surface area contributed by atoms with Crippen molar-refractivity contribution >= 4 is 0 Å². The maximum Gasteiger partial charge on any atom is 0.181 e. The third kappa shape index (κ3) is 2.51. The molecule has 0 amide bonds. The summed E-state index contributed by atoms with van der Waals surface area (Å²) < 4.78 is 6.82. The van der Waals surface area contributed by atoms with Gasteiger partial charge in [0.15, 0.2) is 6.23 Å². The number of hydrogen-bond donors (Lipinski definition) is 4. The zero-order valence-corrected chi connectivity index (χ0v) is 11.6. The van der Waals surface area contributed by atoms with Gasteiger partial charge in [0.1, 0.15) is 24.4 Å². The summed E-state index contributed by atoms with van der Waals surface area (Å²) >= 11 is 0. The summed E-state index contributed by atoms with van der Waals surface area (Å²) in [7, 11) is 0. The lowest BCUT2D eigenvalue weighted by molar-refractivity contribution is -0.253. The summed E-state index contributed by atoms with van der Waals surface area (Å²) in [4.78, 5) is 0. The van der Waals surface area contributed by atoms with Gasteiger partial charge in [-0.05, 0) is 0 Å². The molecule has 1 saturated heterocycles. The van der Waals surface area contributed by atoms with Gasteiger partial charge in [0.25, 0.3) is 0 Å². The van der Waals surface area contributed by atoms with E-state index in [0.29, 0.717) is 5.69 Å². The fourth-order valence-corrected chi connectivity index (χ4v) is 2.53. The molecule has 0 spiro atoms. The van der Waals surface area contributed by atoms with Crippen LogP contribution in [0.4, 0.5) is 0 Å². The first-order valence-corrected chi connectivity index (χ1v) is 6.89. The largest absolute Gasteiger partial charge is 0.394 e. The number of aromatic nitrogens is 3. The molecule has 1 aliphatic rings. The Kier molecular flexibility index (Phi) is 4.19. The second-order valence-electron chi connectivity index (χ2n) is 5.15. The molecule has 2 heterocycles. The number of ether oxygens (including phenoxy) is 1. The highest BCUT2D eigenvalue weighted by Gasteiger charge is 2.45. The molecule has 1 aromatic carbocycles. The van der Waals surface area contributed by atoms with Crippen LogP contribution in [0.15, 0.2) is 36.5 Å². The van der Waals surface area contributed by atoms with Crippen LogP contribution < -0.4 is 0 Å². The monoisotopic (exact) mass is 307 g/mol. The number of rotatable bonds is 3. The molecule has 8 nitrogen and oxygen atoms in total. The van der Waals surface area contributed by atoms with E-state index in [0.717, 1.165) is 5.56 Å². The van der Waals surface area contributed by atoms with Crippen LogP contribution in [-0.2, 0) is 4.74 Å². The molecule has 0 bridgehead atoms. The van der Waals surface area contributed by atoms with Crippen molar-refractivity contribution < 1.29 is 25.2 Å². The van der Waals surface area contributed by atoms with E-state index >= 15 is 0 Å². The van der Waals surface area contributed by atoms with E-state index < -0.39 is 37.3 Å². The van der Waals surface area contributed by atoms with Gasteiger partial charge in [-0.3, -0.25) is 0 Å². The molecule has 1 aromatic heterocycles. The van der Waals surface area contributed by atoms with Gasteiger partial charge in [-0.15, -0.1) is 5.10 Å². The fraction of sp³-hybridized carbons (Fsp3) is 0.429. The van der Waals surface area contributed by atoms with E-state index in [-0.39, 0.29) is 0 Å². The highest BCUT2D eigenvalue weighted by atomic mass is 16.6. The lowest BCUT2D eigenvalue weighted by Crippen LogP contribution is -2.56. The van der Waals surface area contributed by atoms with Gasteiger partial charge in [0.2, 0.25) is 0 Å². The van der Waals surface area contributed by atoms with E-state index in [4.69, 9.17) is 4.74 Å². The lowest BCUT2D eigenvalue weighted by Gasteiger charge is -2.40. The first-order chi connectivity index (χ1) is 10.6. The van der Waals surface area contributed by atoms with Gasteiger partial charge in [-0.25, -0.2) is 4.68 Å². The van der Waals surface area contributed by atoms with Gasteiger partial charge < -0.3 is 25.2 Å². The molecule has 0 aliphatic carbocycles. The van der Waals surface area contributed by atoms with E-state index in [1.54, 1.807) is 0 Å². The predicted molar refractivity (Wildman–Crippen MR) is 74.5 cm³/mol. The highest BCUT2D eigenvalue weighted by Crippen LogP contribution is 2.31. The number of aliphatic hydroxyl groups excluding tert-OH is 4. The molecule has 4 N–H and O–H groups in total. The van der Waals surface area contributed by atoms with E-state index in [1.165, 1.54) is 10.9 Å². The summed E-state index contributed by atoms with van der Waals surface area (Å²) in [5.74, 6) is 0. The second-order valence-corrected chi connectivity index (χ2v) is 5.15. The van der Waals surface area contributed by atoms with Gasteiger partial charge in [-0.1, -0.05) is 35.5 Å². The minimum Gasteiger partial charge on any atom is -0.394 e. The van der Waals surface area contributed by atoms with Crippen LogP contribution in [0.2, 0.25) is 0 Å². The molecule has 0 radical (unpaired) electrons. The van der Waals surface area contributed by atoms with Crippen molar-refractivity contribution in [2.45, 2.75) is 30.6 Å². The average Bonchev–Trinajstić information content (AvgIpc) is 3.03.